The number of carbonyl (C=O) groups is 2. The fourth-order valence-electron chi connectivity index (χ4n) is 1.79. The maximum absolute atomic E-state index is 12.3. The van der Waals surface area contributed by atoms with Gasteiger partial charge in [0, 0.05) is 0 Å². The summed E-state index contributed by atoms with van der Waals surface area (Å²) >= 11 is 0. The lowest BCUT2D eigenvalue weighted by Gasteiger charge is -2.29. The van der Waals surface area contributed by atoms with Crippen molar-refractivity contribution in [3.8, 4) is 5.75 Å². The van der Waals surface area contributed by atoms with Crippen molar-refractivity contribution in [1.29, 1.82) is 0 Å². The average molecular weight is 279 g/mol. The van der Waals surface area contributed by atoms with Crippen LogP contribution in [0.25, 0.3) is 0 Å². The molecule has 0 aliphatic rings. The molecule has 20 heavy (non-hydrogen) atoms. The molecule has 1 aromatic rings. The first-order chi connectivity index (χ1) is 9.31. The van der Waals surface area contributed by atoms with Crippen molar-refractivity contribution in [2.75, 3.05) is 14.2 Å². The maximum Gasteiger partial charge on any atom is 0.328 e. The van der Waals surface area contributed by atoms with Gasteiger partial charge in [-0.15, -0.1) is 0 Å². The van der Waals surface area contributed by atoms with E-state index in [0.717, 1.165) is 0 Å². The highest BCUT2D eigenvalue weighted by Gasteiger charge is 2.34. The number of rotatable bonds is 4. The van der Waals surface area contributed by atoms with Gasteiger partial charge < -0.3 is 14.8 Å². The number of carbonyl (C=O) groups excluding carboxylic acids is 2. The van der Waals surface area contributed by atoms with Crippen LogP contribution < -0.4 is 10.1 Å². The van der Waals surface area contributed by atoms with Gasteiger partial charge >= 0.3 is 5.97 Å². The number of hydrogen-bond acceptors (Lipinski definition) is 4. The second-order valence-electron chi connectivity index (χ2n) is 5.50. The molecule has 0 aromatic heterocycles. The van der Waals surface area contributed by atoms with E-state index in [9.17, 15) is 9.59 Å². The van der Waals surface area contributed by atoms with Crippen LogP contribution in [0.15, 0.2) is 24.3 Å². The van der Waals surface area contributed by atoms with Crippen LogP contribution in [0.5, 0.6) is 5.75 Å². The van der Waals surface area contributed by atoms with Crippen LogP contribution in [0.1, 0.15) is 31.1 Å². The van der Waals surface area contributed by atoms with E-state index in [1.165, 1.54) is 14.2 Å². The van der Waals surface area contributed by atoms with Crippen LogP contribution in [-0.4, -0.2) is 32.1 Å². The van der Waals surface area contributed by atoms with Gasteiger partial charge in [-0.25, -0.2) is 4.79 Å². The minimum absolute atomic E-state index is 0.368. The minimum Gasteiger partial charge on any atom is -0.496 e. The number of ether oxygens (including phenoxy) is 2. The Morgan fingerprint density at radius 2 is 1.75 bits per heavy atom. The van der Waals surface area contributed by atoms with Gasteiger partial charge in [0.05, 0.1) is 19.8 Å². The largest absolute Gasteiger partial charge is 0.496 e. The van der Waals surface area contributed by atoms with Gasteiger partial charge in [0.25, 0.3) is 5.91 Å². The molecule has 0 aliphatic heterocycles. The van der Waals surface area contributed by atoms with Gasteiger partial charge in [-0.05, 0) is 17.5 Å². The number of para-hydroxylation sites is 1. The molecule has 0 spiro atoms. The van der Waals surface area contributed by atoms with E-state index in [-0.39, 0.29) is 5.91 Å². The van der Waals surface area contributed by atoms with E-state index < -0.39 is 17.4 Å². The zero-order chi connectivity index (χ0) is 15.3. The summed E-state index contributed by atoms with van der Waals surface area (Å²) in [5, 5.41) is 2.71. The van der Waals surface area contributed by atoms with Crippen molar-refractivity contribution in [2.45, 2.75) is 26.8 Å². The first-order valence-electron chi connectivity index (χ1n) is 6.33. The molecule has 1 N–H and O–H groups in total. The van der Waals surface area contributed by atoms with Gasteiger partial charge in [-0.1, -0.05) is 32.9 Å². The number of amides is 1. The third kappa shape index (κ3) is 3.73. The first-order valence-corrected chi connectivity index (χ1v) is 6.33. The highest BCUT2D eigenvalue weighted by Crippen LogP contribution is 2.22. The molecule has 0 saturated carbocycles. The summed E-state index contributed by atoms with van der Waals surface area (Å²) in [6.45, 7) is 5.57. The van der Waals surface area contributed by atoms with Crippen LogP contribution in [0.4, 0.5) is 0 Å². The molecule has 5 heteroatoms. The summed E-state index contributed by atoms with van der Waals surface area (Å²) in [5.74, 6) is -0.379. The molecule has 0 saturated heterocycles. The normalized spacial score (nSPS) is 12.4. The van der Waals surface area contributed by atoms with Crippen molar-refractivity contribution < 1.29 is 19.1 Å². The van der Waals surface area contributed by atoms with Gasteiger partial charge in [0.1, 0.15) is 11.8 Å². The molecule has 1 atom stereocenters. The Hall–Kier alpha value is -2.04. The van der Waals surface area contributed by atoms with Crippen LogP contribution >= 0.6 is 0 Å². The predicted molar refractivity (Wildman–Crippen MR) is 75.7 cm³/mol. The molecule has 1 aromatic carbocycles. The van der Waals surface area contributed by atoms with Crippen LogP contribution in [0.2, 0.25) is 0 Å². The van der Waals surface area contributed by atoms with Crippen molar-refractivity contribution >= 4 is 11.9 Å². The summed E-state index contributed by atoms with van der Waals surface area (Å²) in [5.41, 5.74) is -0.0711. The molecular formula is C15H21NO4. The molecule has 110 valence electrons. The Morgan fingerprint density at radius 1 is 1.15 bits per heavy atom. The summed E-state index contributed by atoms with van der Waals surface area (Å²) in [6.07, 6.45) is 0. The Labute approximate surface area is 119 Å². The molecule has 0 heterocycles. The quantitative estimate of drug-likeness (QED) is 0.856. The molecule has 0 fully saturated rings. The molecule has 0 unspecified atom stereocenters. The first kappa shape index (κ1) is 16.0. The lowest BCUT2D eigenvalue weighted by molar-refractivity contribution is -0.145. The average Bonchev–Trinajstić information content (AvgIpc) is 2.42. The Kier molecular flexibility index (Phi) is 5.13. The van der Waals surface area contributed by atoms with Crippen LogP contribution in [0.3, 0.4) is 0 Å². The summed E-state index contributed by atoms with van der Waals surface area (Å²) in [4.78, 5) is 24.1. The SMILES string of the molecule is COC(=O)[C@@H](NC(=O)c1ccccc1OC)C(C)(C)C. The van der Waals surface area contributed by atoms with Crippen molar-refractivity contribution in [3.63, 3.8) is 0 Å². The zero-order valence-electron chi connectivity index (χ0n) is 12.5. The fourth-order valence-corrected chi connectivity index (χ4v) is 1.79. The smallest absolute Gasteiger partial charge is 0.328 e. The Bertz CT molecular complexity index is 491. The lowest BCUT2D eigenvalue weighted by atomic mass is 9.86. The molecule has 1 amide bonds. The number of nitrogens with one attached hydrogen (secondary N) is 1. The predicted octanol–water partition coefficient (Wildman–Crippen LogP) is 2.01. The Morgan fingerprint density at radius 3 is 2.25 bits per heavy atom. The maximum atomic E-state index is 12.3. The monoisotopic (exact) mass is 279 g/mol. The number of methoxy groups -OCH3 is 2. The minimum atomic E-state index is -0.732. The zero-order valence-corrected chi connectivity index (χ0v) is 12.5. The van der Waals surface area contributed by atoms with E-state index in [0.29, 0.717) is 11.3 Å². The van der Waals surface area contributed by atoms with Gasteiger partial charge in [0.2, 0.25) is 0 Å². The van der Waals surface area contributed by atoms with E-state index >= 15 is 0 Å². The summed E-state index contributed by atoms with van der Waals surface area (Å²) < 4.78 is 9.89. The molecule has 5 nitrogen and oxygen atoms in total. The van der Waals surface area contributed by atoms with Crippen molar-refractivity contribution in [3.05, 3.63) is 29.8 Å². The molecule has 0 aliphatic carbocycles. The number of esters is 1. The summed E-state index contributed by atoms with van der Waals surface area (Å²) in [6, 6.07) is 6.12. The van der Waals surface area contributed by atoms with E-state index in [2.05, 4.69) is 5.32 Å². The fraction of sp³-hybridized carbons (Fsp3) is 0.467. The van der Waals surface area contributed by atoms with E-state index in [1.807, 2.05) is 20.8 Å². The molecule has 0 bridgehead atoms. The van der Waals surface area contributed by atoms with Crippen LogP contribution in [0, 0.1) is 5.41 Å². The molecule has 0 radical (unpaired) electrons. The molecular weight excluding hydrogens is 258 g/mol. The standard InChI is InChI=1S/C15H21NO4/c1-15(2,3)12(14(18)20-5)16-13(17)10-8-6-7-9-11(10)19-4/h6-9,12H,1-5H3,(H,16,17)/t12-/m1/s1. The highest BCUT2D eigenvalue weighted by atomic mass is 16.5. The second kappa shape index (κ2) is 6.41. The van der Waals surface area contributed by atoms with E-state index in [1.54, 1.807) is 24.3 Å². The lowest BCUT2D eigenvalue weighted by Crippen LogP contribution is -2.49. The van der Waals surface area contributed by atoms with Gasteiger partial charge in [-0.2, -0.15) is 0 Å². The second-order valence-corrected chi connectivity index (χ2v) is 5.50. The number of benzene rings is 1. The van der Waals surface area contributed by atoms with Crippen LogP contribution in [-0.2, 0) is 9.53 Å². The Balaban J connectivity index is 3.00. The third-order valence-electron chi connectivity index (χ3n) is 2.93. The van der Waals surface area contributed by atoms with Crippen molar-refractivity contribution in [2.24, 2.45) is 5.41 Å². The highest BCUT2D eigenvalue weighted by molar-refractivity contribution is 5.99. The molecule has 1 rings (SSSR count). The van der Waals surface area contributed by atoms with E-state index in [4.69, 9.17) is 9.47 Å². The topological polar surface area (TPSA) is 64.6 Å². The van der Waals surface area contributed by atoms with Gasteiger partial charge in [-0.3, -0.25) is 4.79 Å². The number of hydrogen-bond donors (Lipinski definition) is 1. The van der Waals surface area contributed by atoms with Crippen molar-refractivity contribution in [1.82, 2.24) is 5.32 Å². The third-order valence-corrected chi connectivity index (χ3v) is 2.93. The van der Waals surface area contributed by atoms with Gasteiger partial charge in [0.15, 0.2) is 0 Å². The summed E-state index contributed by atoms with van der Waals surface area (Å²) in [7, 11) is 2.80.